The van der Waals surface area contributed by atoms with Gasteiger partial charge in [-0.15, -0.1) is 11.6 Å². The summed E-state index contributed by atoms with van der Waals surface area (Å²) in [5, 5.41) is 0. The van der Waals surface area contributed by atoms with Gasteiger partial charge in [0.2, 0.25) is 5.91 Å². The first-order valence-corrected chi connectivity index (χ1v) is 5.83. The van der Waals surface area contributed by atoms with Gasteiger partial charge in [0, 0.05) is 38.4 Å². The third-order valence-corrected chi connectivity index (χ3v) is 3.09. The van der Waals surface area contributed by atoms with Gasteiger partial charge < -0.3 is 9.64 Å². The van der Waals surface area contributed by atoms with E-state index in [0.29, 0.717) is 0 Å². The van der Waals surface area contributed by atoms with Crippen LogP contribution in [0, 0.1) is 11.8 Å². The van der Waals surface area contributed by atoms with Crippen molar-refractivity contribution in [1.82, 2.24) is 4.90 Å². The van der Waals surface area contributed by atoms with Gasteiger partial charge in [0.25, 0.3) is 0 Å². The van der Waals surface area contributed by atoms with Crippen molar-refractivity contribution in [2.75, 3.05) is 32.7 Å². The molecule has 1 amide bonds. The van der Waals surface area contributed by atoms with E-state index in [1.54, 1.807) is 0 Å². The molecule has 0 bridgehead atoms. The Labute approximate surface area is 103 Å². The highest BCUT2D eigenvalue weighted by Gasteiger charge is 2.50. The number of hydrogen-bond donors (Lipinski definition) is 0. The largest absolute Gasteiger partial charge is 0.393 e. The zero-order valence-corrected chi connectivity index (χ0v) is 10.2. The second-order valence-corrected chi connectivity index (χ2v) is 4.48. The number of carbonyl (C=O) groups is 1. The number of methoxy groups -OCH3 is 1. The highest BCUT2D eigenvalue weighted by Crippen LogP contribution is 2.37. The number of carbonyl (C=O) groups excluding carboxylic acids is 1. The molecule has 1 rings (SSSR count). The number of hydrogen-bond acceptors (Lipinski definition) is 2. The number of halogens is 4. The maximum absolute atomic E-state index is 12.7. The van der Waals surface area contributed by atoms with E-state index in [2.05, 4.69) is 0 Å². The van der Waals surface area contributed by atoms with Crippen LogP contribution < -0.4 is 0 Å². The average molecular weight is 274 g/mol. The van der Waals surface area contributed by atoms with Gasteiger partial charge in [-0.2, -0.15) is 13.2 Å². The molecule has 0 aromatic heterocycles. The van der Waals surface area contributed by atoms with Crippen molar-refractivity contribution in [2.45, 2.75) is 12.6 Å². The standard InChI is InChI=1S/C10H15ClF3NO2/c1-17-6-7-4-15(9(16)2-3-11)5-8(7)10(12,13)14/h7-8H,2-6H2,1H3/t7-,8-/m1/s1. The molecule has 0 unspecified atom stereocenters. The zero-order chi connectivity index (χ0) is 13.1. The molecule has 17 heavy (non-hydrogen) atoms. The number of alkyl halides is 4. The Morgan fingerprint density at radius 1 is 1.47 bits per heavy atom. The summed E-state index contributed by atoms with van der Waals surface area (Å²) in [6.45, 7) is -0.185. The molecule has 1 heterocycles. The monoisotopic (exact) mass is 273 g/mol. The fourth-order valence-electron chi connectivity index (χ4n) is 2.07. The fourth-order valence-corrected chi connectivity index (χ4v) is 2.23. The predicted octanol–water partition coefficient (Wildman–Crippen LogP) is 1.90. The van der Waals surface area contributed by atoms with Gasteiger partial charge >= 0.3 is 6.18 Å². The lowest BCUT2D eigenvalue weighted by Gasteiger charge is -2.19. The maximum Gasteiger partial charge on any atom is 0.393 e. The molecule has 0 aromatic rings. The minimum atomic E-state index is -4.29. The molecule has 7 heteroatoms. The number of nitrogens with zero attached hydrogens (tertiary/aromatic N) is 1. The molecular formula is C10H15ClF3NO2. The van der Waals surface area contributed by atoms with Crippen LogP contribution >= 0.6 is 11.6 Å². The molecule has 0 aromatic carbocycles. The maximum atomic E-state index is 12.7. The minimum Gasteiger partial charge on any atom is -0.384 e. The topological polar surface area (TPSA) is 29.5 Å². The molecule has 1 saturated heterocycles. The predicted molar refractivity (Wildman–Crippen MR) is 56.8 cm³/mol. The Morgan fingerprint density at radius 2 is 2.12 bits per heavy atom. The molecule has 1 aliphatic rings. The van der Waals surface area contributed by atoms with Gasteiger partial charge in [-0.1, -0.05) is 0 Å². The van der Waals surface area contributed by atoms with Crippen LogP contribution in [0.1, 0.15) is 6.42 Å². The van der Waals surface area contributed by atoms with Crippen LogP contribution in [0.4, 0.5) is 13.2 Å². The summed E-state index contributed by atoms with van der Waals surface area (Å²) >= 11 is 5.40. The van der Waals surface area contributed by atoms with Crippen molar-refractivity contribution in [2.24, 2.45) is 11.8 Å². The average Bonchev–Trinajstić information content (AvgIpc) is 2.62. The highest BCUT2D eigenvalue weighted by atomic mass is 35.5. The first kappa shape index (κ1) is 14.6. The molecule has 0 N–H and O–H groups in total. The second-order valence-electron chi connectivity index (χ2n) is 4.10. The van der Waals surface area contributed by atoms with Crippen LogP contribution in [0.3, 0.4) is 0 Å². The van der Waals surface area contributed by atoms with Crippen molar-refractivity contribution in [1.29, 1.82) is 0 Å². The van der Waals surface area contributed by atoms with Gasteiger partial charge in [0.05, 0.1) is 12.5 Å². The van der Waals surface area contributed by atoms with Gasteiger partial charge in [-0.25, -0.2) is 0 Å². The molecule has 1 aliphatic heterocycles. The fraction of sp³-hybridized carbons (Fsp3) is 0.900. The number of rotatable bonds is 4. The minimum absolute atomic E-state index is 0.00876. The van der Waals surface area contributed by atoms with Crippen LogP contribution in [0.5, 0.6) is 0 Å². The van der Waals surface area contributed by atoms with Crippen LogP contribution in [0.25, 0.3) is 0 Å². The van der Waals surface area contributed by atoms with Crippen molar-refractivity contribution >= 4 is 17.5 Å². The van der Waals surface area contributed by atoms with Crippen molar-refractivity contribution < 1.29 is 22.7 Å². The van der Waals surface area contributed by atoms with E-state index in [4.69, 9.17) is 16.3 Å². The van der Waals surface area contributed by atoms with Crippen molar-refractivity contribution in [3.05, 3.63) is 0 Å². The van der Waals surface area contributed by atoms with Crippen molar-refractivity contribution in [3.63, 3.8) is 0 Å². The third kappa shape index (κ3) is 3.74. The molecule has 3 nitrogen and oxygen atoms in total. The Balaban J connectivity index is 2.68. The molecule has 0 spiro atoms. The number of amides is 1. The van der Waals surface area contributed by atoms with E-state index in [9.17, 15) is 18.0 Å². The molecule has 1 fully saturated rings. The lowest BCUT2D eigenvalue weighted by atomic mass is 9.96. The quantitative estimate of drug-likeness (QED) is 0.732. The normalized spacial score (nSPS) is 25.4. The molecular weight excluding hydrogens is 259 g/mol. The summed E-state index contributed by atoms with van der Waals surface area (Å²) in [5.41, 5.74) is 0. The molecule has 100 valence electrons. The summed E-state index contributed by atoms with van der Waals surface area (Å²) in [6.07, 6.45) is -4.22. The van der Waals surface area contributed by atoms with E-state index in [1.807, 2.05) is 0 Å². The second kappa shape index (κ2) is 5.91. The molecule has 2 atom stereocenters. The van der Waals surface area contributed by atoms with Crippen LogP contribution in [-0.2, 0) is 9.53 Å². The Kier molecular flexibility index (Phi) is 5.06. The van der Waals surface area contributed by atoms with Gasteiger partial charge in [0.15, 0.2) is 0 Å². The van der Waals surface area contributed by atoms with Crippen LogP contribution in [0.15, 0.2) is 0 Å². The van der Waals surface area contributed by atoms with Gasteiger partial charge in [-0.05, 0) is 0 Å². The van der Waals surface area contributed by atoms with Crippen LogP contribution in [-0.4, -0.2) is 49.7 Å². The zero-order valence-electron chi connectivity index (χ0n) is 9.47. The van der Waals surface area contributed by atoms with Gasteiger partial charge in [-0.3, -0.25) is 4.79 Å². The smallest absolute Gasteiger partial charge is 0.384 e. The number of ether oxygens (including phenoxy) is 1. The number of likely N-dealkylation sites (tertiary alicyclic amines) is 1. The summed E-state index contributed by atoms with van der Waals surface area (Å²) in [5.74, 6) is -2.38. The van der Waals surface area contributed by atoms with E-state index in [-0.39, 0.29) is 37.9 Å². The Morgan fingerprint density at radius 3 is 2.59 bits per heavy atom. The molecule has 0 aliphatic carbocycles. The van der Waals surface area contributed by atoms with E-state index in [0.717, 1.165) is 0 Å². The summed E-state index contributed by atoms with van der Waals surface area (Å²) < 4.78 is 43.0. The Hall–Kier alpha value is -0.490. The molecule has 0 radical (unpaired) electrons. The SMILES string of the molecule is COC[C@H]1CN(C(=O)CCCl)C[C@H]1C(F)(F)F. The van der Waals surface area contributed by atoms with Gasteiger partial charge in [0.1, 0.15) is 0 Å². The van der Waals surface area contributed by atoms with E-state index in [1.165, 1.54) is 12.0 Å². The summed E-state index contributed by atoms with van der Waals surface area (Å²) in [6, 6.07) is 0. The van der Waals surface area contributed by atoms with E-state index >= 15 is 0 Å². The molecule has 0 saturated carbocycles. The van der Waals surface area contributed by atoms with Crippen LogP contribution in [0.2, 0.25) is 0 Å². The summed E-state index contributed by atoms with van der Waals surface area (Å²) in [7, 11) is 1.36. The Bertz CT molecular complexity index is 273. The highest BCUT2D eigenvalue weighted by molar-refractivity contribution is 6.18. The lowest BCUT2D eigenvalue weighted by molar-refractivity contribution is -0.183. The summed E-state index contributed by atoms with van der Waals surface area (Å²) in [4.78, 5) is 12.7. The van der Waals surface area contributed by atoms with Crippen molar-refractivity contribution in [3.8, 4) is 0 Å². The lowest BCUT2D eigenvalue weighted by Crippen LogP contribution is -2.33. The third-order valence-electron chi connectivity index (χ3n) is 2.90. The van der Waals surface area contributed by atoms with E-state index < -0.39 is 18.0 Å². The first-order valence-electron chi connectivity index (χ1n) is 5.29. The first-order chi connectivity index (χ1) is 7.90.